The first-order chi connectivity index (χ1) is 15.3. The van der Waals surface area contributed by atoms with E-state index in [9.17, 15) is 0 Å². The number of rotatable bonds is 4. The smallest absolute Gasteiger partial charge is 0.116 e. The highest BCUT2D eigenvalue weighted by Crippen LogP contribution is 2.32. The molecule has 2 aromatic carbocycles. The van der Waals surface area contributed by atoms with Crippen molar-refractivity contribution in [2.24, 2.45) is 0 Å². The molecule has 6 rings (SSSR count). The van der Waals surface area contributed by atoms with Crippen LogP contribution in [0.1, 0.15) is 24.8 Å². The molecule has 2 N–H and O–H groups in total. The third kappa shape index (κ3) is 3.51. The molecular formula is C26H25N5. The van der Waals surface area contributed by atoms with Gasteiger partial charge in [0, 0.05) is 40.8 Å². The van der Waals surface area contributed by atoms with Crippen LogP contribution >= 0.6 is 0 Å². The van der Waals surface area contributed by atoms with Crippen molar-refractivity contribution in [1.82, 2.24) is 25.1 Å². The Balaban J connectivity index is 1.36. The van der Waals surface area contributed by atoms with Gasteiger partial charge < -0.3 is 4.98 Å². The number of likely N-dealkylation sites (tertiary alicyclic amines) is 1. The fourth-order valence-electron chi connectivity index (χ4n) is 4.71. The van der Waals surface area contributed by atoms with E-state index >= 15 is 0 Å². The van der Waals surface area contributed by atoms with Crippen molar-refractivity contribution in [3.05, 3.63) is 72.6 Å². The molecule has 0 atom stereocenters. The van der Waals surface area contributed by atoms with Crippen molar-refractivity contribution in [3.8, 4) is 22.5 Å². The highest BCUT2D eigenvalue weighted by Gasteiger charge is 2.14. The summed E-state index contributed by atoms with van der Waals surface area (Å²) in [6.07, 6.45) is 7.94. The standard InChI is InChI=1S/C26H25N5/c1-4-10-31(11-5-1)17-18-12-21(16-27-15-18)19-8-9-24-22(13-19)26(30-29-24)25-14-20-6-2-3-7-23(20)28-25/h2-3,6-9,12-16,28H,1,4-5,10-11,17H2,(H,29,30). The van der Waals surface area contributed by atoms with E-state index in [1.165, 1.54) is 48.9 Å². The topological polar surface area (TPSA) is 60.6 Å². The predicted molar refractivity (Wildman–Crippen MR) is 126 cm³/mol. The monoisotopic (exact) mass is 407 g/mol. The molecule has 31 heavy (non-hydrogen) atoms. The van der Waals surface area contributed by atoms with E-state index < -0.39 is 0 Å². The Morgan fingerprint density at radius 2 is 1.74 bits per heavy atom. The summed E-state index contributed by atoms with van der Waals surface area (Å²) in [5, 5.41) is 10.1. The van der Waals surface area contributed by atoms with Crippen molar-refractivity contribution in [2.45, 2.75) is 25.8 Å². The van der Waals surface area contributed by atoms with Gasteiger partial charge in [0.1, 0.15) is 5.69 Å². The van der Waals surface area contributed by atoms with Crippen LogP contribution in [0, 0.1) is 0 Å². The lowest BCUT2D eigenvalue weighted by atomic mass is 10.0. The Hall–Kier alpha value is -3.44. The van der Waals surface area contributed by atoms with Crippen LogP contribution in [0.3, 0.4) is 0 Å². The largest absolute Gasteiger partial charge is 0.353 e. The van der Waals surface area contributed by atoms with Crippen molar-refractivity contribution >= 4 is 21.8 Å². The number of nitrogens with zero attached hydrogens (tertiary/aromatic N) is 3. The molecule has 4 heterocycles. The van der Waals surface area contributed by atoms with Crippen LogP contribution in [0.5, 0.6) is 0 Å². The van der Waals surface area contributed by atoms with Gasteiger partial charge in [-0.1, -0.05) is 30.7 Å². The zero-order chi connectivity index (χ0) is 20.6. The van der Waals surface area contributed by atoms with Gasteiger partial charge in [-0.2, -0.15) is 5.10 Å². The Morgan fingerprint density at radius 3 is 2.65 bits per heavy atom. The summed E-state index contributed by atoms with van der Waals surface area (Å²) in [5.41, 5.74) is 7.74. The van der Waals surface area contributed by atoms with Gasteiger partial charge in [0.15, 0.2) is 0 Å². The zero-order valence-electron chi connectivity index (χ0n) is 17.4. The third-order valence-corrected chi connectivity index (χ3v) is 6.33. The molecule has 1 fully saturated rings. The van der Waals surface area contributed by atoms with Gasteiger partial charge >= 0.3 is 0 Å². The van der Waals surface area contributed by atoms with Gasteiger partial charge in [-0.15, -0.1) is 0 Å². The summed E-state index contributed by atoms with van der Waals surface area (Å²) in [7, 11) is 0. The maximum absolute atomic E-state index is 4.61. The van der Waals surface area contributed by atoms with Crippen molar-refractivity contribution in [2.75, 3.05) is 13.1 Å². The average molecular weight is 408 g/mol. The minimum atomic E-state index is 0.950. The average Bonchev–Trinajstić information content (AvgIpc) is 3.43. The fraction of sp³-hybridized carbons (Fsp3) is 0.231. The third-order valence-electron chi connectivity index (χ3n) is 6.33. The second kappa shape index (κ2) is 7.67. The van der Waals surface area contributed by atoms with Crippen molar-refractivity contribution < 1.29 is 0 Å². The number of benzene rings is 2. The Morgan fingerprint density at radius 1 is 0.839 bits per heavy atom. The number of piperidine rings is 1. The highest BCUT2D eigenvalue weighted by molar-refractivity contribution is 5.97. The van der Waals surface area contributed by atoms with Crippen LogP contribution in [0.4, 0.5) is 0 Å². The molecule has 1 saturated heterocycles. The summed E-state index contributed by atoms with van der Waals surface area (Å²) in [6, 6.07) is 19.3. The lowest BCUT2D eigenvalue weighted by molar-refractivity contribution is 0.220. The maximum Gasteiger partial charge on any atom is 0.116 e. The van der Waals surface area contributed by atoms with Gasteiger partial charge in [0.2, 0.25) is 0 Å². The molecule has 0 aliphatic carbocycles. The number of H-pyrrole nitrogens is 2. The molecule has 0 saturated carbocycles. The minimum Gasteiger partial charge on any atom is -0.353 e. The molecule has 154 valence electrons. The lowest BCUT2D eigenvalue weighted by Gasteiger charge is -2.26. The van der Waals surface area contributed by atoms with E-state index in [0.29, 0.717) is 0 Å². The van der Waals surface area contributed by atoms with Crippen LogP contribution in [0.25, 0.3) is 44.3 Å². The summed E-state index contributed by atoms with van der Waals surface area (Å²) in [6.45, 7) is 3.37. The van der Waals surface area contributed by atoms with Gasteiger partial charge in [-0.05, 0) is 67.4 Å². The molecule has 0 amide bonds. The maximum atomic E-state index is 4.61. The van der Waals surface area contributed by atoms with E-state index in [1.807, 2.05) is 18.5 Å². The SMILES string of the molecule is c1ccc2[nH]c(-c3n[nH]c4ccc(-c5cncc(CN6CCCCC6)c5)cc34)cc2c1. The Kier molecular flexibility index (Phi) is 4.54. The van der Waals surface area contributed by atoms with Gasteiger partial charge in [-0.3, -0.25) is 15.0 Å². The molecule has 5 aromatic rings. The van der Waals surface area contributed by atoms with Gasteiger partial charge in [0.25, 0.3) is 0 Å². The normalized spacial score (nSPS) is 15.1. The first-order valence-corrected chi connectivity index (χ1v) is 11.1. The minimum absolute atomic E-state index is 0.950. The molecule has 0 spiro atoms. The first-order valence-electron chi connectivity index (χ1n) is 11.1. The zero-order valence-corrected chi connectivity index (χ0v) is 17.4. The number of pyridine rings is 1. The number of nitrogens with one attached hydrogen (secondary N) is 2. The molecule has 0 radical (unpaired) electrons. The summed E-state index contributed by atoms with van der Waals surface area (Å²) < 4.78 is 0. The number of hydrogen-bond donors (Lipinski definition) is 2. The van der Waals surface area contributed by atoms with E-state index in [-0.39, 0.29) is 0 Å². The summed E-state index contributed by atoms with van der Waals surface area (Å²) >= 11 is 0. The predicted octanol–water partition coefficient (Wildman–Crippen LogP) is 5.76. The Labute approximate surface area is 181 Å². The van der Waals surface area contributed by atoms with Crippen molar-refractivity contribution in [3.63, 3.8) is 0 Å². The van der Waals surface area contributed by atoms with E-state index in [0.717, 1.165) is 39.9 Å². The molecule has 0 unspecified atom stereocenters. The molecular weight excluding hydrogens is 382 g/mol. The van der Waals surface area contributed by atoms with Crippen molar-refractivity contribution in [1.29, 1.82) is 0 Å². The number of hydrogen-bond acceptors (Lipinski definition) is 3. The van der Waals surface area contributed by atoms with Crippen LogP contribution in [0.2, 0.25) is 0 Å². The second-order valence-corrected chi connectivity index (χ2v) is 8.52. The molecule has 5 nitrogen and oxygen atoms in total. The second-order valence-electron chi connectivity index (χ2n) is 8.52. The van der Waals surface area contributed by atoms with E-state index in [2.05, 4.69) is 73.6 Å². The summed E-state index contributed by atoms with van der Waals surface area (Å²) in [4.78, 5) is 10.6. The molecule has 3 aromatic heterocycles. The number of aromatic nitrogens is 4. The van der Waals surface area contributed by atoms with Crippen LogP contribution in [-0.2, 0) is 6.54 Å². The number of aromatic amines is 2. The molecule has 0 bridgehead atoms. The highest BCUT2D eigenvalue weighted by atomic mass is 15.1. The van der Waals surface area contributed by atoms with Crippen LogP contribution < -0.4 is 0 Å². The van der Waals surface area contributed by atoms with Gasteiger partial charge in [0.05, 0.1) is 11.2 Å². The summed E-state index contributed by atoms with van der Waals surface area (Å²) in [5.74, 6) is 0. The van der Waals surface area contributed by atoms with Gasteiger partial charge in [-0.25, -0.2) is 0 Å². The Bertz CT molecular complexity index is 1320. The number of para-hydroxylation sites is 1. The lowest BCUT2D eigenvalue weighted by Crippen LogP contribution is -2.29. The number of fused-ring (bicyclic) bond motifs is 2. The van der Waals surface area contributed by atoms with E-state index in [4.69, 9.17) is 0 Å². The molecule has 1 aliphatic heterocycles. The first kappa shape index (κ1) is 18.3. The van der Waals surface area contributed by atoms with Crippen LogP contribution in [0.15, 0.2) is 67.0 Å². The quantitative estimate of drug-likeness (QED) is 0.398. The van der Waals surface area contributed by atoms with E-state index in [1.54, 1.807) is 0 Å². The molecule has 1 aliphatic rings. The molecule has 5 heteroatoms. The fourth-order valence-corrected chi connectivity index (χ4v) is 4.71. The van der Waals surface area contributed by atoms with Crippen LogP contribution in [-0.4, -0.2) is 38.2 Å².